The van der Waals surface area contributed by atoms with Crippen molar-refractivity contribution in [3.8, 4) is 0 Å². The molecule has 2 atom stereocenters. The van der Waals surface area contributed by atoms with E-state index in [0.29, 0.717) is 18.8 Å². The number of nitro benzene ring substituents is 1. The molecular weight excluding hydrogens is 374 g/mol. The third kappa shape index (κ3) is 4.52. The van der Waals surface area contributed by atoms with Gasteiger partial charge in [-0.2, -0.15) is 0 Å². The summed E-state index contributed by atoms with van der Waals surface area (Å²) in [5.74, 6) is -0.943. The molecule has 1 N–H and O–H groups in total. The number of anilines is 1. The fourth-order valence-corrected chi connectivity index (χ4v) is 5.19. The molecule has 29 heavy (non-hydrogen) atoms. The third-order valence-corrected chi connectivity index (χ3v) is 5.86. The maximum Gasteiger partial charge on any atom is 0.338 e. The number of rotatable bonds is 6. The van der Waals surface area contributed by atoms with Crippen LogP contribution in [0.1, 0.15) is 57.3 Å². The van der Waals surface area contributed by atoms with E-state index in [1.54, 1.807) is 0 Å². The van der Waals surface area contributed by atoms with Crippen LogP contribution in [0.5, 0.6) is 0 Å². The summed E-state index contributed by atoms with van der Waals surface area (Å²) >= 11 is 0. The van der Waals surface area contributed by atoms with Crippen LogP contribution < -0.4 is 5.32 Å². The zero-order chi connectivity index (χ0) is 21.4. The summed E-state index contributed by atoms with van der Waals surface area (Å²) in [5.41, 5.74) is 0.492. The second-order valence-electron chi connectivity index (χ2n) is 9.33. The van der Waals surface area contributed by atoms with E-state index in [9.17, 15) is 19.7 Å². The van der Waals surface area contributed by atoms with Crippen molar-refractivity contribution in [2.75, 3.05) is 25.0 Å². The largest absolute Gasteiger partial charge is 0.452 e. The van der Waals surface area contributed by atoms with Gasteiger partial charge < -0.3 is 15.0 Å². The lowest BCUT2D eigenvalue weighted by molar-refractivity contribution is -0.384. The van der Waals surface area contributed by atoms with E-state index < -0.39 is 10.9 Å². The van der Waals surface area contributed by atoms with Crippen LogP contribution in [-0.4, -0.2) is 47.4 Å². The van der Waals surface area contributed by atoms with Crippen LogP contribution in [0.2, 0.25) is 0 Å². The van der Waals surface area contributed by atoms with Crippen molar-refractivity contribution < 1.29 is 19.2 Å². The van der Waals surface area contributed by atoms with E-state index in [0.717, 1.165) is 19.3 Å². The first-order chi connectivity index (χ1) is 13.5. The molecule has 8 heteroatoms. The predicted octanol–water partition coefficient (Wildman–Crippen LogP) is 3.61. The Hall–Kier alpha value is -2.64. The highest BCUT2D eigenvalue weighted by molar-refractivity contribution is 5.93. The van der Waals surface area contributed by atoms with Crippen LogP contribution >= 0.6 is 0 Å². The number of nitro groups is 1. The lowest BCUT2D eigenvalue weighted by atomic mass is 9.65. The monoisotopic (exact) mass is 403 g/mol. The Morgan fingerprint density at radius 1 is 1.31 bits per heavy atom. The van der Waals surface area contributed by atoms with Gasteiger partial charge >= 0.3 is 5.97 Å². The van der Waals surface area contributed by atoms with E-state index in [4.69, 9.17) is 4.74 Å². The zero-order valence-corrected chi connectivity index (χ0v) is 17.5. The molecule has 1 amide bonds. The molecule has 2 unspecified atom stereocenters. The van der Waals surface area contributed by atoms with E-state index in [1.807, 2.05) is 11.8 Å². The van der Waals surface area contributed by atoms with Gasteiger partial charge in [0.05, 0.1) is 10.5 Å². The molecule has 1 aliphatic heterocycles. The maximum absolute atomic E-state index is 12.7. The normalized spacial score (nSPS) is 24.8. The van der Waals surface area contributed by atoms with Crippen molar-refractivity contribution in [3.63, 3.8) is 0 Å². The Labute approximate surface area is 170 Å². The fraction of sp³-hybridized carbons (Fsp3) is 0.619. The first-order valence-corrected chi connectivity index (χ1v) is 10.0. The molecule has 1 aliphatic carbocycles. The number of hydrogen-bond donors (Lipinski definition) is 1. The number of nitrogens with one attached hydrogen (secondary N) is 1. The number of likely N-dealkylation sites (tertiary alicyclic amines) is 1. The smallest absolute Gasteiger partial charge is 0.338 e. The first-order valence-electron chi connectivity index (χ1n) is 10.0. The van der Waals surface area contributed by atoms with Crippen LogP contribution in [-0.2, 0) is 9.53 Å². The van der Waals surface area contributed by atoms with Gasteiger partial charge in [0.15, 0.2) is 6.61 Å². The summed E-state index contributed by atoms with van der Waals surface area (Å²) in [6.07, 6.45) is 3.00. The second-order valence-corrected chi connectivity index (χ2v) is 9.33. The summed E-state index contributed by atoms with van der Waals surface area (Å²) in [5, 5.41) is 14.1. The number of nitrogens with zero attached hydrogens (tertiary/aromatic N) is 2. The van der Waals surface area contributed by atoms with Crippen molar-refractivity contribution in [1.29, 1.82) is 0 Å². The highest BCUT2D eigenvalue weighted by Crippen LogP contribution is 2.52. The average Bonchev–Trinajstić information content (AvgIpc) is 2.88. The van der Waals surface area contributed by atoms with Gasteiger partial charge in [0.25, 0.3) is 11.6 Å². The van der Waals surface area contributed by atoms with E-state index >= 15 is 0 Å². The number of ether oxygens (including phenoxy) is 1. The molecule has 2 fully saturated rings. The van der Waals surface area contributed by atoms with Gasteiger partial charge in [0.2, 0.25) is 0 Å². The lowest BCUT2D eigenvalue weighted by Crippen LogP contribution is -2.39. The molecule has 158 valence electrons. The number of esters is 1. The summed E-state index contributed by atoms with van der Waals surface area (Å²) in [6, 6.07) is 4.30. The number of benzene rings is 1. The Morgan fingerprint density at radius 2 is 2.03 bits per heavy atom. The van der Waals surface area contributed by atoms with Gasteiger partial charge in [-0.3, -0.25) is 14.9 Å². The second kappa shape index (κ2) is 7.65. The molecule has 8 nitrogen and oxygen atoms in total. The minimum Gasteiger partial charge on any atom is -0.452 e. The minimum atomic E-state index is -0.738. The van der Waals surface area contributed by atoms with Crippen molar-refractivity contribution in [2.45, 2.75) is 53.0 Å². The predicted molar refractivity (Wildman–Crippen MR) is 109 cm³/mol. The molecule has 1 saturated heterocycles. The summed E-state index contributed by atoms with van der Waals surface area (Å²) in [6.45, 7) is 9.35. The Balaban J connectivity index is 1.64. The van der Waals surface area contributed by atoms with Crippen molar-refractivity contribution in [3.05, 3.63) is 33.9 Å². The molecule has 1 aromatic carbocycles. The topological polar surface area (TPSA) is 102 Å². The lowest BCUT2D eigenvalue weighted by Gasteiger charge is -2.39. The van der Waals surface area contributed by atoms with Crippen LogP contribution in [0.3, 0.4) is 0 Å². The summed E-state index contributed by atoms with van der Waals surface area (Å²) < 4.78 is 5.20. The van der Waals surface area contributed by atoms with Gasteiger partial charge in [-0.05, 0) is 49.1 Å². The number of hydrogen-bond acceptors (Lipinski definition) is 6. The molecule has 1 heterocycles. The van der Waals surface area contributed by atoms with Crippen LogP contribution in [0.15, 0.2) is 18.2 Å². The molecule has 0 aromatic heterocycles. The third-order valence-electron chi connectivity index (χ3n) is 5.86. The molecule has 1 aromatic rings. The van der Waals surface area contributed by atoms with E-state index in [-0.39, 0.29) is 40.6 Å². The number of carbonyl (C=O) groups is 2. The molecule has 3 rings (SSSR count). The quantitative estimate of drug-likeness (QED) is 0.442. The van der Waals surface area contributed by atoms with E-state index in [1.165, 1.54) is 18.2 Å². The molecular formula is C21H29N3O5. The molecule has 1 saturated carbocycles. The first kappa shape index (κ1) is 21.1. The summed E-state index contributed by atoms with van der Waals surface area (Å²) in [7, 11) is 0. The van der Waals surface area contributed by atoms with Gasteiger partial charge in [0.1, 0.15) is 5.69 Å². The average molecular weight is 403 g/mol. The van der Waals surface area contributed by atoms with Crippen molar-refractivity contribution >= 4 is 23.3 Å². The number of carbonyl (C=O) groups excluding carboxylic acids is 2. The zero-order valence-electron chi connectivity index (χ0n) is 17.5. The highest BCUT2D eigenvalue weighted by atomic mass is 16.6. The van der Waals surface area contributed by atoms with Crippen LogP contribution in [0.4, 0.5) is 11.4 Å². The standard InChI is InChI=1S/C21H29N3O5/c1-5-22-16-7-6-14(8-17(16)24(27)28)19(26)29-11-18(25)23-13-21(4)10-15(23)9-20(2,3)12-21/h6-8,15,22H,5,9-13H2,1-4H3. The summed E-state index contributed by atoms with van der Waals surface area (Å²) in [4.78, 5) is 37.6. The van der Waals surface area contributed by atoms with Gasteiger partial charge in [-0.25, -0.2) is 4.79 Å². The van der Waals surface area contributed by atoms with E-state index in [2.05, 4.69) is 26.1 Å². The highest BCUT2D eigenvalue weighted by Gasteiger charge is 2.50. The minimum absolute atomic E-state index is 0.0550. The Bertz CT molecular complexity index is 838. The number of fused-ring (bicyclic) bond motifs is 2. The Morgan fingerprint density at radius 3 is 2.69 bits per heavy atom. The molecule has 0 radical (unpaired) electrons. The van der Waals surface area contributed by atoms with Gasteiger partial charge in [-0.1, -0.05) is 20.8 Å². The fourth-order valence-electron chi connectivity index (χ4n) is 5.19. The van der Waals surface area contributed by atoms with Crippen molar-refractivity contribution in [1.82, 2.24) is 4.90 Å². The van der Waals surface area contributed by atoms with Gasteiger partial charge in [0, 0.05) is 25.2 Å². The molecule has 2 bridgehead atoms. The molecule has 0 spiro atoms. The SMILES string of the molecule is CCNc1ccc(C(=O)OCC(=O)N2CC3(C)CC2CC(C)(C)C3)cc1[N+](=O)[O-]. The molecule has 2 aliphatic rings. The van der Waals surface area contributed by atoms with Crippen LogP contribution in [0, 0.1) is 20.9 Å². The Kier molecular flexibility index (Phi) is 5.56. The maximum atomic E-state index is 12.7. The van der Waals surface area contributed by atoms with Gasteiger partial charge in [-0.15, -0.1) is 0 Å². The number of amides is 1. The van der Waals surface area contributed by atoms with Crippen molar-refractivity contribution in [2.24, 2.45) is 10.8 Å². The van der Waals surface area contributed by atoms with Crippen LogP contribution in [0.25, 0.3) is 0 Å².